The molecule has 1 nitrogen and oxygen atoms in total. The van der Waals surface area contributed by atoms with Gasteiger partial charge in [0.15, 0.2) is 0 Å². The van der Waals surface area contributed by atoms with Gasteiger partial charge in [-0.3, -0.25) is 0 Å². The van der Waals surface area contributed by atoms with Gasteiger partial charge in [0, 0.05) is 0 Å². The summed E-state index contributed by atoms with van der Waals surface area (Å²) in [5.74, 6) is 0.161. The molecular weight excluding hydrogens is 332 g/mol. The van der Waals surface area contributed by atoms with Crippen LogP contribution in [0.5, 0.6) is 0 Å². The van der Waals surface area contributed by atoms with Crippen LogP contribution >= 0.6 is 72.4 Å². The van der Waals surface area contributed by atoms with Gasteiger partial charge in [0.2, 0.25) is 0 Å². The Morgan fingerprint density at radius 3 is 1.43 bits per heavy atom. The molecule has 0 aliphatic rings. The maximum absolute atomic E-state index is 5.60. The third-order valence-electron chi connectivity index (χ3n) is 1.08. The second-order valence-corrected chi connectivity index (χ2v) is 16.9. The van der Waals surface area contributed by atoms with Crippen LogP contribution in [0.4, 0.5) is 0 Å². The summed E-state index contributed by atoms with van der Waals surface area (Å²) >= 11 is 33.6. The van der Waals surface area contributed by atoms with Crippen molar-refractivity contribution >= 4 is 72.4 Å². The molecule has 0 aliphatic carbocycles. The van der Waals surface area contributed by atoms with Crippen molar-refractivity contribution in [2.75, 3.05) is 0 Å². The van der Waals surface area contributed by atoms with E-state index in [9.17, 15) is 0 Å². The standard InChI is InChI=1S/C6H9Cl6OP/c1-6(2,3)4(5(7)8)13-14(9,10,11)12/h1-3H3. The molecule has 0 radical (unpaired) electrons. The molecule has 0 amide bonds. The third-order valence-corrected chi connectivity index (χ3v) is 2.71. The summed E-state index contributed by atoms with van der Waals surface area (Å²) in [6.45, 7) is 5.41. The van der Waals surface area contributed by atoms with Crippen molar-refractivity contribution < 1.29 is 4.52 Å². The molecular formula is C6H9Cl6OP. The number of hydrogen-bond acceptors (Lipinski definition) is 1. The Balaban J connectivity index is 5.07. The fourth-order valence-corrected chi connectivity index (χ4v) is 2.81. The molecule has 0 bridgehead atoms. The molecule has 8 heteroatoms. The van der Waals surface area contributed by atoms with Gasteiger partial charge in [-0.2, -0.15) is 0 Å². The van der Waals surface area contributed by atoms with Crippen molar-refractivity contribution in [2.45, 2.75) is 20.8 Å². The van der Waals surface area contributed by atoms with Gasteiger partial charge in [0.1, 0.15) is 0 Å². The Kier molecular flexibility index (Phi) is 5.08. The summed E-state index contributed by atoms with van der Waals surface area (Å²) < 4.78 is 0.765. The zero-order valence-corrected chi connectivity index (χ0v) is 13.1. The second-order valence-electron chi connectivity index (χ2n) is 3.59. The summed E-state index contributed by atoms with van der Waals surface area (Å²) in [5.41, 5.74) is -0.491. The Morgan fingerprint density at radius 2 is 1.36 bits per heavy atom. The maximum atomic E-state index is 5.60. The van der Waals surface area contributed by atoms with Crippen LogP contribution in [0, 0.1) is 5.41 Å². The van der Waals surface area contributed by atoms with Crippen molar-refractivity contribution in [3.8, 4) is 0 Å². The minimum absolute atomic E-state index is 0.103. The zero-order chi connectivity index (χ0) is 11.8. The predicted molar refractivity (Wildman–Crippen MR) is 69.6 cm³/mol. The van der Waals surface area contributed by atoms with Gasteiger partial charge in [-0.05, 0) is 0 Å². The molecule has 14 heavy (non-hydrogen) atoms. The first-order valence-electron chi connectivity index (χ1n) is 3.44. The van der Waals surface area contributed by atoms with E-state index >= 15 is 0 Å². The van der Waals surface area contributed by atoms with Crippen LogP contribution in [0.15, 0.2) is 10.3 Å². The van der Waals surface area contributed by atoms with Crippen LogP contribution < -0.4 is 0 Å². The van der Waals surface area contributed by atoms with Gasteiger partial charge in [0.05, 0.1) is 0 Å². The summed E-state index contributed by atoms with van der Waals surface area (Å²) in [6.07, 6.45) is 0. The van der Waals surface area contributed by atoms with Crippen LogP contribution in [0.3, 0.4) is 0 Å². The molecule has 0 atom stereocenters. The topological polar surface area (TPSA) is 9.23 Å². The van der Waals surface area contributed by atoms with Crippen molar-refractivity contribution in [1.29, 1.82) is 0 Å². The first-order valence-corrected chi connectivity index (χ1v) is 9.97. The second kappa shape index (κ2) is 4.53. The summed E-state index contributed by atoms with van der Waals surface area (Å²) in [6, 6.07) is 0. The fourth-order valence-electron chi connectivity index (χ4n) is 0.593. The van der Waals surface area contributed by atoms with Crippen LogP contribution in [0.25, 0.3) is 0 Å². The fraction of sp³-hybridized carbons (Fsp3) is 0.667. The van der Waals surface area contributed by atoms with Crippen LogP contribution in [0.1, 0.15) is 20.8 Å². The molecule has 0 spiro atoms. The van der Waals surface area contributed by atoms with Crippen LogP contribution in [-0.4, -0.2) is 0 Å². The number of rotatable bonds is 2. The monoisotopic (exact) mass is 338 g/mol. The Morgan fingerprint density at radius 1 is 1.00 bits per heavy atom. The predicted octanol–water partition coefficient (Wildman–Crippen LogP) is 6.78. The van der Waals surface area contributed by atoms with Gasteiger partial charge >= 0.3 is 113 Å². The number of halogens is 6. The Bertz CT molecular complexity index is 246. The Labute approximate surface area is 113 Å². The molecule has 0 saturated heterocycles. The van der Waals surface area contributed by atoms with E-state index in [2.05, 4.69) is 0 Å². The minimum atomic E-state index is -4.19. The van der Waals surface area contributed by atoms with E-state index in [1.54, 1.807) is 20.8 Å². The van der Waals surface area contributed by atoms with Gasteiger partial charge in [0.25, 0.3) is 0 Å². The average molecular weight is 341 g/mol. The molecule has 0 aromatic rings. The molecule has 0 rings (SSSR count). The van der Waals surface area contributed by atoms with E-state index < -0.39 is 9.66 Å². The van der Waals surface area contributed by atoms with E-state index in [0.29, 0.717) is 0 Å². The molecule has 0 aromatic heterocycles. The molecule has 0 N–H and O–H groups in total. The molecule has 0 aromatic carbocycles. The molecule has 0 aliphatic heterocycles. The number of hydrogen-bond donors (Lipinski definition) is 0. The summed E-state index contributed by atoms with van der Waals surface area (Å²) in [7, 11) is 0. The van der Waals surface area contributed by atoms with Crippen molar-refractivity contribution in [3.05, 3.63) is 10.3 Å². The number of allylic oxidation sites excluding steroid dienone is 1. The molecule has 86 valence electrons. The first-order chi connectivity index (χ1) is 5.79. The van der Waals surface area contributed by atoms with Gasteiger partial charge in [-0.25, -0.2) is 0 Å². The van der Waals surface area contributed by atoms with Crippen LogP contribution in [0.2, 0.25) is 0 Å². The van der Waals surface area contributed by atoms with Gasteiger partial charge < -0.3 is 0 Å². The van der Waals surface area contributed by atoms with Crippen molar-refractivity contribution in [1.82, 2.24) is 0 Å². The van der Waals surface area contributed by atoms with E-state index in [1.807, 2.05) is 0 Å². The van der Waals surface area contributed by atoms with E-state index in [4.69, 9.17) is 72.7 Å². The molecule has 0 unspecified atom stereocenters. The summed E-state index contributed by atoms with van der Waals surface area (Å²) in [5, 5.41) is 0. The van der Waals surface area contributed by atoms with E-state index in [0.717, 1.165) is 0 Å². The Hall–Kier alpha value is 1.71. The first kappa shape index (κ1) is 15.7. The van der Waals surface area contributed by atoms with Crippen molar-refractivity contribution in [2.24, 2.45) is 5.41 Å². The van der Waals surface area contributed by atoms with E-state index in [-0.39, 0.29) is 10.3 Å². The normalized spacial score (nSPS) is 15.6. The van der Waals surface area contributed by atoms with Crippen LogP contribution in [-0.2, 0) is 4.52 Å². The van der Waals surface area contributed by atoms with Gasteiger partial charge in [-0.1, -0.05) is 0 Å². The SMILES string of the molecule is CC(C)(C)C(OP(Cl)(Cl)(Cl)Cl)=C(Cl)Cl. The molecule has 0 saturated carbocycles. The molecule has 0 fully saturated rings. The average Bonchev–Trinajstić information content (AvgIpc) is 1.76. The quantitative estimate of drug-likeness (QED) is 0.397. The van der Waals surface area contributed by atoms with E-state index in [1.165, 1.54) is 0 Å². The van der Waals surface area contributed by atoms with Crippen molar-refractivity contribution in [3.63, 3.8) is 0 Å². The third kappa shape index (κ3) is 7.06. The zero-order valence-electron chi connectivity index (χ0n) is 7.62. The molecule has 0 heterocycles. The van der Waals surface area contributed by atoms with Gasteiger partial charge in [-0.15, -0.1) is 0 Å². The summed E-state index contributed by atoms with van der Waals surface area (Å²) in [4.78, 5) is 0.